The molecular formula is C21H22N4. The molecule has 2 unspecified atom stereocenters. The molecular weight excluding hydrogens is 308 g/mol. The highest BCUT2D eigenvalue weighted by molar-refractivity contribution is 5.70. The molecule has 0 aliphatic carbocycles. The van der Waals surface area contributed by atoms with E-state index < -0.39 is 0 Å². The van der Waals surface area contributed by atoms with Crippen molar-refractivity contribution >= 4 is 17.3 Å². The SMILES string of the molecule is CC(Nc1cc(N2c3ccccc3CC2C)ncn1)c1ccccc1. The fourth-order valence-corrected chi connectivity index (χ4v) is 3.52. The van der Waals surface area contributed by atoms with Crippen LogP contribution in [-0.4, -0.2) is 16.0 Å². The van der Waals surface area contributed by atoms with Crippen molar-refractivity contribution in [2.24, 2.45) is 0 Å². The zero-order valence-corrected chi connectivity index (χ0v) is 14.6. The van der Waals surface area contributed by atoms with Gasteiger partial charge in [-0.05, 0) is 37.5 Å². The van der Waals surface area contributed by atoms with Crippen molar-refractivity contribution in [1.82, 2.24) is 9.97 Å². The van der Waals surface area contributed by atoms with Gasteiger partial charge in [0, 0.05) is 23.8 Å². The maximum Gasteiger partial charge on any atom is 0.138 e. The lowest BCUT2D eigenvalue weighted by atomic mass is 10.1. The summed E-state index contributed by atoms with van der Waals surface area (Å²) in [4.78, 5) is 11.2. The van der Waals surface area contributed by atoms with Gasteiger partial charge < -0.3 is 10.2 Å². The Labute approximate surface area is 148 Å². The van der Waals surface area contributed by atoms with Gasteiger partial charge >= 0.3 is 0 Å². The number of hydrogen-bond acceptors (Lipinski definition) is 4. The van der Waals surface area contributed by atoms with Gasteiger partial charge in [0.05, 0.1) is 0 Å². The number of nitrogens with zero attached hydrogens (tertiary/aromatic N) is 3. The van der Waals surface area contributed by atoms with Gasteiger partial charge in [0.2, 0.25) is 0 Å². The maximum absolute atomic E-state index is 4.53. The third-order valence-corrected chi connectivity index (χ3v) is 4.77. The Bertz CT molecular complexity index is 863. The predicted octanol–water partition coefficient (Wildman–Crippen LogP) is 4.73. The van der Waals surface area contributed by atoms with Crippen molar-refractivity contribution in [2.45, 2.75) is 32.4 Å². The van der Waals surface area contributed by atoms with Crippen LogP contribution in [0.25, 0.3) is 0 Å². The number of aromatic nitrogens is 2. The van der Waals surface area contributed by atoms with E-state index in [0.29, 0.717) is 6.04 Å². The molecule has 0 fully saturated rings. The predicted molar refractivity (Wildman–Crippen MR) is 102 cm³/mol. The Morgan fingerprint density at radius 1 is 1.04 bits per heavy atom. The Balaban J connectivity index is 1.60. The average molecular weight is 330 g/mol. The van der Waals surface area contributed by atoms with E-state index in [-0.39, 0.29) is 6.04 Å². The van der Waals surface area contributed by atoms with Crippen molar-refractivity contribution in [3.8, 4) is 0 Å². The van der Waals surface area contributed by atoms with Crippen LogP contribution in [0.15, 0.2) is 67.0 Å². The van der Waals surface area contributed by atoms with Crippen molar-refractivity contribution in [3.05, 3.63) is 78.1 Å². The molecule has 0 saturated carbocycles. The molecule has 1 aliphatic rings. The molecule has 1 N–H and O–H groups in total. The summed E-state index contributed by atoms with van der Waals surface area (Å²) in [7, 11) is 0. The molecule has 126 valence electrons. The summed E-state index contributed by atoms with van der Waals surface area (Å²) in [6.45, 7) is 4.38. The molecule has 0 radical (unpaired) electrons. The van der Waals surface area contributed by atoms with E-state index in [2.05, 4.69) is 82.6 Å². The standard InChI is InChI=1S/C21H22N4/c1-15-12-18-10-6-7-11-19(18)25(15)21-13-20(22-14-23-21)24-16(2)17-8-4-3-5-9-17/h3-11,13-16H,12H2,1-2H3,(H,22,23,24). The summed E-state index contributed by atoms with van der Waals surface area (Å²) in [6, 6.07) is 21.6. The third kappa shape index (κ3) is 3.07. The first-order valence-electron chi connectivity index (χ1n) is 8.73. The van der Waals surface area contributed by atoms with Gasteiger partial charge in [-0.1, -0.05) is 48.5 Å². The molecule has 3 aromatic rings. The van der Waals surface area contributed by atoms with Crippen LogP contribution in [0.5, 0.6) is 0 Å². The van der Waals surface area contributed by atoms with Crippen LogP contribution in [0.2, 0.25) is 0 Å². The second-order valence-corrected chi connectivity index (χ2v) is 6.59. The lowest BCUT2D eigenvalue weighted by Gasteiger charge is -2.24. The van der Waals surface area contributed by atoms with Crippen LogP contribution in [0.3, 0.4) is 0 Å². The van der Waals surface area contributed by atoms with Crippen molar-refractivity contribution in [2.75, 3.05) is 10.2 Å². The molecule has 0 saturated heterocycles. The summed E-state index contributed by atoms with van der Waals surface area (Å²) in [6.07, 6.45) is 2.69. The van der Waals surface area contributed by atoms with Crippen molar-refractivity contribution in [3.63, 3.8) is 0 Å². The quantitative estimate of drug-likeness (QED) is 0.750. The molecule has 2 aromatic carbocycles. The van der Waals surface area contributed by atoms with Crippen LogP contribution in [0.4, 0.5) is 17.3 Å². The Hall–Kier alpha value is -2.88. The fraction of sp³-hybridized carbons (Fsp3) is 0.238. The summed E-state index contributed by atoms with van der Waals surface area (Å²) >= 11 is 0. The zero-order valence-electron chi connectivity index (χ0n) is 14.6. The molecule has 4 rings (SSSR count). The third-order valence-electron chi connectivity index (χ3n) is 4.77. The van der Waals surface area contributed by atoms with E-state index in [4.69, 9.17) is 0 Å². The second kappa shape index (κ2) is 6.55. The summed E-state index contributed by atoms with van der Waals surface area (Å²) in [5.74, 6) is 1.79. The average Bonchev–Trinajstić information content (AvgIpc) is 2.98. The minimum Gasteiger partial charge on any atom is -0.363 e. The number of rotatable bonds is 4. The van der Waals surface area contributed by atoms with E-state index in [0.717, 1.165) is 18.1 Å². The first-order chi connectivity index (χ1) is 12.2. The van der Waals surface area contributed by atoms with E-state index >= 15 is 0 Å². The van der Waals surface area contributed by atoms with Gasteiger partial charge in [0.25, 0.3) is 0 Å². The normalized spacial score (nSPS) is 17.2. The topological polar surface area (TPSA) is 41.0 Å². The van der Waals surface area contributed by atoms with Crippen LogP contribution < -0.4 is 10.2 Å². The van der Waals surface area contributed by atoms with Crippen molar-refractivity contribution in [1.29, 1.82) is 0 Å². The number of hydrogen-bond donors (Lipinski definition) is 1. The van der Waals surface area contributed by atoms with E-state index in [9.17, 15) is 0 Å². The smallest absolute Gasteiger partial charge is 0.138 e. The van der Waals surface area contributed by atoms with Crippen LogP contribution in [0, 0.1) is 0 Å². The Morgan fingerprint density at radius 2 is 1.80 bits per heavy atom. The lowest BCUT2D eigenvalue weighted by molar-refractivity contribution is 0.748. The highest BCUT2D eigenvalue weighted by atomic mass is 15.2. The Kier molecular flexibility index (Phi) is 4.10. The zero-order chi connectivity index (χ0) is 17.2. The summed E-state index contributed by atoms with van der Waals surface area (Å²) in [5, 5.41) is 3.48. The monoisotopic (exact) mass is 330 g/mol. The van der Waals surface area contributed by atoms with Crippen LogP contribution in [-0.2, 0) is 6.42 Å². The molecule has 1 aliphatic heterocycles. The molecule has 4 nitrogen and oxygen atoms in total. The highest BCUT2D eigenvalue weighted by Gasteiger charge is 2.27. The number of benzene rings is 2. The molecule has 0 spiro atoms. The van der Waals surface area contributed by atoms with Crippen LogP contribution in [0.1, 0.15) is 31.0 Å². The molecule has 0 amide bonds. The maximum atomic E-state index is 4.53. The second-order valence-electron chi connectivity index (χ2n) is 6.59. The van der Waals surface area contributed by atoms with Gasteiger partial charge in [-0.15, -0.1) is 0 Å². The van der Waals surface area contributed by atoms with Gasteiger partial charge in [0.15, 0.2) is 0 Å². The molecule has 4 heteroatoms. The van der Waals surface area contributed by atoms with Crippen molar-refractivity contribution < 1.29 is 0 Å². The molecule has 0 bridgehead atoms. The molecule has 25 heavy (non-hydrogen) atoms. The highest BCUT2D eigenvalue weighted by Crippen LogP contribution is 2.37. The fourth-order valence-electron chi connectivity index (χ4n) is 3.52. The van der Waals surface area contributed by atoms with Gasteiger partial charge in [0.1, 0.15) is 18.0 Å². The van der Waals surface area contributed by atoms with Crippen LogP contribution >= 0.6 is 0 Å². The van der Waals surface area contributed by atoms with Gasteiger partial charge in [-0.3, -0.25) is 0 Å². The summed E-state index contributed by atoms with van der Waals surface area (Å²) < 4.78 is 0. The lowest BCUT2D eigenvalue weighted by Crippen LogP contribution is -2.25. The van der Waals surface area contributed by atoms with E-state index in [1.807, 2.05) is 12.1 Å². The van der Waals surface area contributed by atoms with Gasteiger partial charge in [-0.25, -0.2) is 9.97 Å². The van der Waals surface area contributed by atoms with E-state index in [1.165, 1.54) is 16.8 Å². The number of fused-ring (bicyclic) bond motifs is 1. The minimum absolute atomic E-state index is 0.187. The van der Waals surface area contributed by atoms with E-state index in [1.54, 1.807) is 6.33 Å². The first kappa shape index (κ1) is 15.6. The largest absolute Gasteiger partial charge is 0.363 e. The molecule has 2 atom stereocenters. The minimum atomic E-state index is 0.187. The number of nitrogens with one attached hydrogen (secondary N) is 1. The molecule has 1 aromatic heterocycles. The Morgan fingerprint density at radius 3 is 2.64 bits per heavy atom. The molecule has 2 heterocycles. The summed E-state index contributed by atoms with van der Waals surface area (Å²) in [5.41, 5.74) is 3.86. The van der Waals surface area contributed by atoms with Gasteiger partial charge in [-0.2, -0.15) is 0 Å². The first-order valence-corrected chi connectivity index (χ1v) is 8.73. The number of para-hydroxylation sites is 1. The number of anilines is 3.